The first-order valence-electron chi connectivity index (χ1n) is 10.1. The van der Waals surface area contributed by atoms with Gasteiger partial charge < -0.3 is 9.84 Å². The summed E-state index contributed by atoms with van der Waals surface area (Å²) in [6.07, 6.45) is 0.605. The number of carbonyl (C=O) groups excluding carboxylic acids is 1. The molecule has 0 aliphatic rings. The van der Waals surface area contributed by atoms with Gasteiger partial charge in [-0.15, -0.1) is 0 Å². The van der Waals surface area contributed by atoms with Crippen LogP contribution in [0.5, 0.6) is 0 Å². The van der Waals surface area contributed by atoms with E-state index in [1.807, 2.05) is 6.92 Å². The summed E-state index contributed by atoms with van der Waals surface area (Å²) >= 11 is 3.42. The minimum atomic E-state index is -1.26. The lowest BCUT2D eigenvalue weighted by Gasteiger charge is -2.21. The molecule has 10 heteroatoms. The van der Waals surface area contributed by atoms with Gasteiger partial charge in [0.15, 0.2) is 0 Å². The molecule has 0 saturated carbocycles. The van der Waals surface area contributed by atoms with Gasteiger partial charge in [-0.3, -0.25) is 9.63 Å². The van der Waals surface area contributed by atoms with Crippen molar-refractivity contribution in [2.75, 3.05) is 20.8 Å². The largest absolute Gasteiger partial charge is 0.382 e. The Morgan fingerprint density at radius 2 is 2.06 bits per heavy atom. The number of rotatable bonds is 10. The predicted molar refractivity (Wildman–Crippen MR) is 123 cm³/mol. The van der Waals surface area contributed by atoms with E-state index < -0.39 is 20.1 Å². The molecule has 0 bridgehead atoms. The van der Waals surface area contributed by atoms with Crippen molar-refractivity contribution >= 4 is 29.9 Å². The van der Waals surface area contributed by atoms with Crippen molar-refractivity contribution in [3.8, 4) is 0 Å². The van der Waals surface area contributed by atoms with E-state index in [1.165, 1.54) is 37.2 Å². The van der Waals surface area contributed by atoms with Gasteiger partial charge in [0.05, 0.1) is 24.6 Å². The summed E-state index contributed by atoms with van der Waals surface area (Å²) in [4.78, 5) is 17.8. The first-order valence-corrected chi connectivity index (χ1v) is 14.6. The molecule has 2 rings (SSSR count). The normalized spacial score (nSPS) is 12.8. The van der Waals surface area contributed by atoms with Crippen LogP contribution in [-0.2, 0) is 22.7 Å². The van der Waals surface area contributed by atoms with Gasteiger partial charge in [-0.25, -0.2) is 14.1 Å². The highest BCUT2D eigenvalue weighted by Crippen LogP contribution is 2.34. The average Bonchev–Trinajstić information content (AvgIpc) is 3.13. The van der Waals surface area contributed by atoms with Crippen LogP contribution in [0.25, 0.3) is 0 Å². The highest BCUT2D eigenvalue weighted by molar-refractivity contribution is 9.10. The van der Waals surface area contributed by atoms with Crippen LogP contribution in [0.15, 0.2) is 22.8 Å². The number of aliphatic hydroxyl groups excluding tert-OH is 1. The Morgan fingerprint density at radius 3 is 2.65 bits per heavy atom. The van der Waals surface area contributed by atoms with Crippen LogP contribution >= 0.6 is 15.9 Å². The number of benzene rings is 1. The number of hydrogen-bond acceptors (Lipinski definition) is 5. The van der Waals surface area contributed by atoms with E-state index in [4.69, 9.17) is 9.57 Å². The maximum Gasteiger partial charge on any atom is 0.280 e. The van der Waals surface area contributed by atoms with E-state index in [-0.39, 0.29) is 23.8 Å². The number of hydrogen-bond donors (Lipinski definition) is 1. The second-order valence-electron chi connectivity index (χ2n) is 8.46. The summed E-state index contributed by atoms with van der Waals surface area (Å²) < 4.78 is 21.9. The van der Waals surface area contributed by atoms with E-state index in [1.54, 1.807) is 0 Å². The van der Waals surface area contributed by atoms with Crippen LogP contribution in [0.4, 0.5) is 4.39 Å². The van der Waals surface area contributed by atoms with Crippen molar-refractivity contribution in [2.24, 2.45) is 0 Å². The van der Waals surface area contributed by atoms with Crippen molar-refractivity contribution in [1.29, 1.82) is 0 Å². The summed E-state index contributed by atoms with van der Waals surface area (Å²) in [5.41, 5.74) is 1.34. The first kappa shape index (κ1) is 25.7. The number of nitrogens with zero attached hydrogens (tertiary/aromatic N) is 3. The van der Waals surface area contributed by atoms with E-state index >= 15 is 0 Å². The van der Waals surface area contributed by atoms with E-state index in [0.29, 0.717) is 28.6 Å². The van der Waals surface area contributed by atoms with Crippen molar-refractivity contribution < 1.29 is 23.9 Å². The number of amides is 1. The van der Waals surface area contributed by atoms with Gasteiger partial charge in [-0.05, 0) is 18.5 Å². The monoisotopic (exact) mass is 515 g/mol. The molecule has 1 aromatic carbocycles. The van der Waals surface area contributed by atoms with Crippen molar-refractivity contribution in [3.63, 3.8) is 0 Å². The van der Waals surface area contributed by atoms with E-state index in [0.717, 1.165) is 11.1 Å². The zero-order chi connectivity index (χ0) is 23.3. The zero-order valence-corrected chi connectivity index (χ0v) is 21.5. The van der Waals surface area contributed by atoms with Crippen molar-refractivity contribution in [1.82, 2.24) is 14.8 Å². The topological polar surface area (TPSA) is 76.8 Å². The lowest BCUT2D eigenvalue weighted by molar-refractivity contribution is -0.0759. The highest BCUT2D eigenvalue weighted by atomic mass is 79.9. The fraction of sp³-hybridized carbons (Fsp3) is 0.524. The predicted octanol–water partition coefficient (Wildman–Crippen LogP) is 4.37. The Morgan fingerprint density at radius 1 is 1.39 bits per heavy atom. The summed E-state index contributed by atoms with van der Waals surface area (Å²) in [7, 11) is 1.59. The molecule has 7 nitrogen and oxygen atoms in total. The maximum absolute atomic E-state index is 14.2. The molecule has 172 valence electrons. The number of aliphatic hydroxyl groups is 1. The van der Waals surface area contributed by atoms with Gasteiger partial charge in [0, 0.05) is 37.3 Å². The highest BCUT2D eigenvalue weighted by Gasteiger charge is 2.29. The number of hydroxylamine groups is 2. The Labute approximate surface area is 192 Å². The zero-order valence-electron chi connectivity index (χ0n) is 18.9. The fourth-order valence-electron chi connectivity index (χ4n) is 3.03. The van der Waals surface area contributed by atoms with Crippen LogP contribution in [-0.4, -0.2) is 54.7 Å². The van der Waals surface area contributed by atoms with Gasteiger partial charge in [0.25, 0.3) is 5.91 Å². The quantitative estimate of drug-likeness (QED) is 0.288. The summed E-state index contributed by atoms with van der Waals surface area (Å²) in [6, 6.07) is 3.80. The molecule has 0 radical (unpaired) electrons. The third kappa shape index (κ3) is 6.23. The van der Waals surface area contributed by atoms with Gasteiger partial charge in [-0.1, -0.05) is 48.6 Å². The lowest BCUT2D eigenvalue weighted by Crippen LogP contribution is -2.27. The molecule has 2 aromatic rings. The van der Waals surface area contributed by atoms with Gasteiger partial charge in [0.1, 0.15) is 18.7 Å². The van der Waals surface area contributed by atoms with Crippen molar-refractivity contribution in [3.05, 3.63) is 51.0 Å². The molecule has 31 heavy (non-hydrogen) atoms. The maximum atomic E-state index is 14.2. The van der Waals surface area contributed by atoms with Crippen LogP contribution < -0.4 is 0 Å². The van der Waals surface area contributed by atoms with Crippen molar-refractivity contribution in [2.45, 2.75) is 51.9 Å². The smallest absolute Gasteiger partial charge is 0.280 e. The number of aromatic nitrogens is 2. The average molecular weight is 516 g/mol. The molecular weight excluding hydrogens is 485 g/mol. The van der Waals surface area contributed by atoms with Gasteiger partial charge >= 0.3 is 0 Å². The summed E-state index contributed by atoms with van der Waals surface area (Å²) in [6.45, 7) is 9.25. The third-order valence-electron chi connectivity index (χ3n) is 5.00. The molecule has 0 saturated heterocycles. The molecule has 1 heterocycles. The molecular formula is C21H31BrFN3O4Si. The molecule has 1 atom stereocenters. The fourth-order valence-corrected chi connectivity index (χ4v) is 4.61. The molecule has 0 spiro atoms. The second kappa shape index (κ2) is 10.8. The number of carbonyl (C=O) groups is 1. The molecule has 1 aromatic heterocycles. The molecule has 1 unspecified atom stereocenters. The summed E-state index contributed by atoms with van der Waals surface area (Å²) in [5, 5.41) is 16.6. The van der Waals surface area contributed by atoms with Crippen LogP contribution in [0.2, 0.25) is 25.7 Å². The van der Waals surface area contributed by atoms with Crippen LogP contribution in [0.1, 0.15) is 40.2 Å². The number of halogens is 2. The van der Waals surface area contributed by atoms with Crippen LogP contribution in [0.3, 0.4) is 0 Å². The second-order valence-corrected chi connectivity index (χ2v) is 14.9. The van der Waals surface area contributed by atoms with Gasteiger partial charge in [-0.2, -0.15) is 5.10 Å². The number of ether oxygens (including phenoxy) is 1. The Kier molecular flexibility index (Phi) is 8.96. The third-order valence-corrected chi connectivity index (χ3v) is 7.64. The minimum absolute atomic E-state index is 0.0836. The molecule has 0 aliphatic heterocycles. The first-order chi connectivity index (χ1) is 14.5. The van der Waals surface area contributed by atoms with E-state index in [9.17, 15) is 14.3 Å². The van der Waals surface area contributed by atoms with Crippen LogP contribution in [0, 0.1) is 5.82 Å². The molecule has 1 amide bonds. The Balaban J connectivity index is 2.44. The molecule has 0 fully saturated rings. The lowest BCUT2D eigenvalue weighted by atomic mass is 9.99. The SMILES string of the molecule is CCc1c(F)ccc(C(O)c2c(C(=O)N(C)OC)cnn2COCC[Si](C)(C)C)c1Br. The minimum Gasteiger partial charge on any atom is -0.382 e. The van der Waals surface area contributed by atoms with E-state index in [2.05, 4.69) is 40.7 Å². The molecule has 1 N–H and O–H groups in total. The standard InChI is InChI=1S/C21H31BrFN3O4Si/c1-7-14-17(23)9-8-15(18(14)22)20(27)19-16(21(28)25(2)29-3)12-24-26(19)13-30-10-11-31(4,5)6/h8-9,12,20,27H,7,10-11,13H2,1-6H3. The van der Waals surface area contributed by atoms with Gasteiger partial charge in [0.2, 0.25) is 0 Å². The summed E-state index contributed by atoms with van der Waals surface area (Å²) in [5.74, 6) is -0.817. The molecule has 0 aliphatic carbocycles. The Hall–Kier alpha value is -1.59. The Bertz CT molecular complexity index is 917.